The van der Waals surface area contributed by atoms with E-state index in [1.165, 1.54) is 0 Å². The van der Waals surface area contributed by atoms with Gasteiger partial charge in [0.15, 0.2) is 11.5 Å². The van der Waals surface area contributed by atoms with Gasteiger partial charge in [0, 0.05) is 0 Å². The number of Topliss-reactive ketones (excluding diaryl/α,β-unsaturated/α-hetero) is 1. The van der Waals surface area contributed by atoms with Gasteiger partial charge in [-0.2, -0.15) is 0 Å². The van der Waals surface area contributed by atoms with Crippen LogP contribution in [0.3, 0.4) is 0 Å². The molecule has 21 heavy (non-hydrogen) atoms. The molecule has 0 amide bonds. The lowest BCUT2D eigenvalue weighted by Crippen LogP contribution is -1.98. The highest BCUT2D eigenvalue weighted by molar-refractivity contribution is 9.11. The highest BCUT2D eigenvalue weighted by Gasteiger charge is 2.29. The predicted octanol–water partition coefficient (Wildman–Crippen LogP) is 5.19. The Hall–Kier alpha value is -1.30. The lowest BCUT2D eigenvalue weighted by molar-refractivity contribution is 0.101. The van der Waals surface area contributed by atoms with Crippen LogP contribution in [-0.4, -0.2) is 10.9 Å². The third-order valence-corrected chi connectivity index (χ3v) is 4.49. The van der Waals surface area contributed by atoms with Crippen LogP contribution in [-0.2, 0) is 0 Å². The maximum atomic E-state index is 12.3. The summed E-state index contributed by atoms with van der Waals surface area (Å²) in [6, 6.07) is 8.43. The minimum absolute atomic E-state index is 0.0992. The first kappa shape index (κ1) is 14.6. The van der Waals surface area contributed by atoms with Crippen molar-refractivity contribution in [3.05, 3.63) is 61.2 Å². The molecule has 6 heteroatoms. The summed E-state index contributed by atoms with van der Waals surface area (Å²) >= 11 is 12.5. The maximum Gasteiger partial charge on any atom is 0.232 e. The van der Waals surface area contributed by atoms with Crippen molar-refractivity contribution in [3.63, 3.8) is 0 Å². The Morgan fingerprint density at radius 3 is 2.48 bits per heavy atom. The summed E-state index contributed by atoms with van der Waals surface area (Å²) in [5.41, 5.74) is 1.16. The van der Waals surface area contributed by atoms with Gasteiger partial charge >= 0.3 is 0 Å². The Morgan fingerprint density at radius 2 is 1.86 bits per heavy atom. The number of ketones is 1. The number of rotatable bonds is 1. The number of benzene rings is 2. The van der Waals surface area contributed by atoms with Crippen molar-refractivity contribution in [3.8, 4) is 11.5 Å². The van der Waals surface area contributed by atoms with E-state index in [1.807, 2.05) is 0 Å². The van der Waals surface area contributed by atoms with Gasteiger partial charge < -0.3 is 9.84 Å². The van der Waals surface area contributed by atoms with Gasteiger partial charge in [-0.05, 0) is 67.8 Å². The van der Waals surface area contributed by atoms with Crippen LogP contribution < -0.4 is 4.74 Å². The Morgan fingerprint density at radius 1 is 1.19 bits per heavy atom. The van der Waals surface area contributed by atoms with Crippen LogP contribution in [0.2, 0.25) is 5.02 Å². The van der Waals surface area contributed by atoms with Crippen molar-refractivity contribution in [1.82, 2.24) is 0 Å². The lowest BCUT2D eigenvalue weighted by Gasteiger charge is -2.03. The SMILES string of the molecule is O=C1/C(=C/c2cc(Br)c(O)c(Br)c2)Oc2c(Cl)cccc21. The molecule has 0 radical (unpaired) electrons. The first-order valence-electron chi connectivity index (χ1n) is 5.88. The van der Waals surface area contributed by atoms with Crippen LogP contribution >= 0.6 is 43.5 Å². The van der Waals surface area contributed by atoms with E-state index in [0.717, 1.165) is 0 Å². The second kappa shape index (κ2) is 5.48. The summed E-state index contributed by atoms with van der Waals surface area (Å²) in [7, 11) is 0. The zero-order valence-corrected chi connectivity index (χ0v) is 14.3. The van der Waals surface area contributed by atoms with Gasteiger partial charge in [-0.3, -0.25) is 4.79 Å². The third-order valence-electron chi connectivity index (χ3n) is 2.98. The number of para-hydroxylation sites is 1. The molecule has 3 rings (SSSR count). The van der Waals surface area contributed by atoms with E-state index in [-0.39, 0.29) is 17.3 Å². The largest absolute Gasteiger partial charge is 0.506 e. The topological polar surface area (TPSA) is 46.5 Å². The molecule has 0 saturated carbocycles. The fourth-order valence-electron chi connectivity index (χ4n) is 2.00. The van der Waals surface area contributed by atoms with Crippen molar-refractivity contribution in [2.75, 3.05) is 0 Å². The first-order chi connectivity index (χ1) is 9.97. The van der Waals surface area contributed by atoms with Gasteiger partial charge in [0.1, 0.15) is 5.75 Å². The number of phenols is 1. The molecule has 0 saturated heterocycles. The molecular weight excluding hydrogens is 423 g/mol. The standard InChI is InChI=1S/C15H7Br2ClO3/c16-9-4-7(5-10(17)14(9)20)6-12-13(19)8-2-1-3-11(18)15(8)21-12/h1-6,20H/b12-6-. The van der Waals surface area contributed by atoms with E-state index in [4.69, 9.17) is 16.3 Å². The quantitative estimate of drug-likeness (QED) is 0.634. The van der Waals surface area contributed by atoms with E-state index in [0.29, 0.717) is 30.8 Å². The molecule has 2 aromatic carbocycles. The number of aromatic hydroxyl groups is 1. The molecule has 0 unspecified atom stereocenters. The van der Waals surface area contributed by atoms with Crippen molar-refractivity contribution in [2.45, 2.75) is 0 Å². The van der Waals surface area contributed by atoms with E-state index in [1.54, 1.807) is 36.4 Å². The summed E-state index contributed by atoms with van der Waals surface area (Å²) in [6.45, 7) is 0. The molecule has 1 aliphatic heterocycles. The number of allylic oxidation sites excluding steroid dienone is 1. The highest BCUT2D eigenvalue weighted by atomic mass is 79.9. The second-order valence-electron chi connectivity index (χ2n) is 4.39. The zero-order chi connectivity index (χ0) is 15.1. The zero-order valence-electron chi connectivity index (χ0n) is 10.4. The molecule has 0 bridgehead atoms. The van der Waals surface area contributed by atoms with Crippen molar-refractivity contribution >= 4 is 55.3 Å². The molecule has 2 aromatic rings. The number of ether oxygens (including phenoxy) is 1. The highest BCUT2D eigenvalue weighted by Crippen LogP contribution is 2.39. The average molecular weight is 430 g/mol. The van der Waals surface area contributed by atoms with Gasteiger partial charge in [0.05, 0.1) is 19.5 Å². The van der Waals surface area contributed by atoms with Crippen LogP contribution in [0.25, 0.3) is 6.08 Å². The molecule has 3 nitrogen and oxygen atoms in total. The van der Waals surface area contributed by atoms with Gasteiger partial charge in [0.2, 0.25) is 5.78 Å². The van der Waals surface area contributed by atoms with E-state index < -0.39 is 0 Å². The van der Waals surface area contributed by atoms with Crippen molar-refractivity contribution < 1.29 is 14.6 Å². The molecule has 1 N–H and O–H groups in total. The molecule has 0 spiro atoms. The summed E-state index contributed by atoms with van der Waals surface area (Å²) in [4.78, 5) is 12.3. The average Bonchev–Trinajstić information content (AvgIpc) is 2.75. The third kappa shape index (κ3) is 2.61. The number of hydrogen-bond donors (Lipinski definition) is 1. The fraction of sp³-hybridized carbons (Fsp3) is 0. The molecule has 106 valence electrons. The Bertz CT molecular complexity index is 776. The molecule has 0 atom stereocenters. The molecule has 0 aromatic heterocycles. The minimum atomic E-state index is -0.215. The second-order valence-corrected chi connectivity index (χ2v) is 6.51. The van der Waals surface area contributed by atoms with Gasteiger partial charge in [-0.25, -0.2) is 0 Å². The molecule has 1 heterocycles. The van der Waals surface area contributed by atoms with Crippen LogP contribution in [0.5, 0.6) is 11.5 Å². The minimum Gasteiger partial charge on any atom is -0.506 e. The van der Waals surface area contributed by atoms with E-state index in [2.05, 4.69) is 31.9 Å². The number of phenolic OH excluding ortho intramolecular Hbond substituents is 1. The van der Waals surface area contributed by atoms with E-state index >= 15 is 0 Å². The molecular formula is C15H7Br2ClO3. The number of halogens is 3. The molecule has 0 aliphatic carbocycles. The van der Waals surface area contributed by atoms with Crippen LogP contribution in [0.1, 0.15) is 15.9 Å². The van der Waals surface area contributed by atoms with Crippen molar-refractivity contribution in [2.24, 2.45) is 0 Å². The maximum absolute atomic E-state index is 12.3. The predicted molar refractivity (Wildman–Crippen MR) is 87.9 cm³/mol. The fourth-order valence-corrected chi connectivity index (χ4v) is 3.43. The van der Waals surface area contributed by atoms with Crippen molar-refractivity contribution in [1.29, 1.82) is 0 Å². The number of hydrogen-bond acceptors (Lipinski definition) is 3. The summed E-state index contributed by atoms with van der Waals surface area (Å²) in [5.74, 6) is 0.463. The Kier molecular flexibility index (Phi) is 3.82. The van der Waals surface area contributed by atoms with Gasteiger partial charge in [-0.15, -0.1) is 0 Å². The lowest BCUT2D eigenvalue weighted by atomic mass is 10.1. The number of fused-ring (bicyclic) bond motifs is 1. The van der Waals surface area contributed by atoms with Crippen LogP contribution in [0, 0.1) is 0 Å². The van der Waals surface area contributed by atoms with E-state index in [9.17, 15) is 9.90 Å². The van der Waals surface area contributed by atoms with Crippen LogP contribution in [0.4, 0.5) is 0 Å². The summed E-state index contributed by atoms with van der Waals surface area (Å²) in [6.07, 6.45) is 1.60. The molecule has 1 aliphatic rings. The van der Waals surface area contributed by atoms with Gasteiger partial charge in [0.25, 0.3) is 0 Å². The normalized spacial score (nSPS) is 15.2. The monoisotopic (exact) mass is 428 g/mol. The number of carbonyl (C=O) groups excluding carboxylic acids is 1. The van der Waals surface area contributed by atoms with Crippen LogP contribution in [0.15, 0.2) is 45.0 Å². The van der Waals surface area contributed by atoms with Gasteiger partial charge in [-0.1, -0.05) is 17.7 Å². The molecule has 0 fully saturated rings. The smallest absolute Gasteiger partial charge is 0.232 e. The summed E-state index contributed by atoms with van der Waals surface area (Å²) in [5, 5.41) is 10.1. The summed E-state index contributed by atoms with van der Waals surface area (Å²) < 4.78 is 6.59. The number of carbonyl (C=O) groups is 1. The Labute approximate surface area is 142 Å². The Balaban J connectivity index is 2.04. The first-order valence-corrected chi connectivity index (χ1v) is 7.84.